The van der Waals surface area contributed by atoms with Crippen LogP contribution in [0.4, 0.5) is 5.69 Å². The molecule has 2 aromatic rings. The van der Waals surface area contributed by atoms with E-state index >= 15 is 0 Å². The fourth-order valence-corrected chi connectivity index (χ4v) is 4.53. The second-order valence-corrected chi connectivity index (χ2v) is 8.64. The number of thiocarbonyl (C=S) groups is 1. The number of hydrogen-bond acceptors (Lipinski definition) is 4. The number of rotatable bonds is 4. The van der Waals surface area contributed by atoms with E-state index in [1.165, 1.54) is 4.90 Å². The molecule has 4 rings (SSSR count). The molecule has 2 amide bonds. The Hall–Kier alpha value is -2.77. The first kappa shape index (κ1) is 21.5. The van der Waals surface area contributed by atoms with E-state index in [0.29, 0.717) is 5.69 Å². The largest absolute Gasteiger partial charge is 0.376 e. The van der Waals surface area contributed by atoms with Crippen molar-refractivity contribution in [2.45, 2.75) is 53.2 Å². The van der Waals surface area contributed by atoms with Crippen molar-refractivity contribution in [3.63, 3.8) is 0 Å². The molecule has 0 aliphatic carbocycles. The van der Waals surface area contributed by atoms with Crippen LogP contribution in [0.15, 0.2) is 29.8 Å². The number of anilines is 1. The Balaban J connectivity index is 1.70. The van der Waals surface area contributed by atoms with E-state index in [1.807, 2.05) is 52.0 Å². The standard InChI is InChI=1S/C24H27N3O3S/c1-14-7-5-9-21(16(14)3)27-23(29)20(22(28)25-24(27)31)12-18-11-15(2)26(17(18)4)13-19-8-6-10-30-19/h5,7,9,11-12,19H,6,8,10,13H2,1-4H3,(H,25,28,31)/b20-12-/t19-/m1/s1. The Kier molecular flexibility index (Phi) is 5.81. The maximum atomic E-state index is 13.4. The quantitative estimate of drug-likeness (QED) is 0.450. The highest BCUT2D eigenvalue weighted by Crippen LogP contribution is 2.28. The lowest BCUT2D eigenvalue weighted by Crippen LogP contribution is -2.54. The summed E-state index contributed by atoms with van der Waals surface area (Å²) in [5, 5.41) is 2.78. The highest BCUT2D eigenvalue weighted by atomic mass is 32.1. The summed E-state index contributed by atoms with van der Waals surface area (Å²) in [5.41, 5.74) is 5.69. The van der Waals surface area contributed by atoms with Crippen LogP contribution in [0.2, 0.25) is 0 Å². The summed E-state index contributed by atoms with van der Waals surface area (Å²) in [6.45, 7) is 9.55. The van der Waals surface area contributed by atoms with Gasteiger partial charge in [-0.15, -0.1) is 0 Å². The molecule has 0 bridgehead atoms. The van der Waals surface area contributed by atoms with Crippen molar-refractivity contribution in [1.82, 2.24) is 9.88 Å². The van der Waals surface area contributed by atoms with Gasteiger partial charge in [0.05, 0.1) is 11.8 Å². The fraction of sp³-hybridized carbons (Fsp3) is 0.375. The number of benzene rings is 1. The Morgan fingerprint density at radius 1 is 1.23 bits per heavy atom. The summed E-state index contributed by atoms with van der Waals surface area (Å²) in [5.74, 6) is -0.883. The number of carbonyl (C=O) groups is 2. The first-order valence-corrected chi connectivity index (χ1v) is 10.9. The molecule has 0 saturated carbocycles. The minimum absolute atomic E-state index is 0.0758. The maximum absolute atomic E-state index is 13.4. The van der Waals surface area contributed by atoms with Gasteiger partial charge in [-0.3, -0.25) is 19.8 Å². The van der Waals surface area contributed by atoms with Crippen molar-refractivity contribution in [3.8, 4) is 0 Å². The monoisotopic (exact) mass is 437 g/mol. The number of aryl methyl sites for hydroxylation is 2. The Morgan fingerprint density at radius 3 is 2.71 bits per heavy atom. The van der Waals surface area contributed by atoms with Crippen LogP contribution in [0.3, 0.4) is 0 Å². The van der Waals surface area contributed by atoms with Gasteiger partial charge in [0.25, 0.3) is 11.8 Å². The van der Waals surface area contributed by atoms with Crippen molar-refractivity contribution in [2.24, 2.45) is 0 Å². The normalized spacial score (nSPS) is 20.6. The molecule has 0 spiro atoms. The third-order valence-electron chi connectivity index (χ3n) is 6.24. The fourth-order valence-electron chi connectivity index (χ4n) is 4.26. The molecule has 2 aliphatic rings. The van der Waals surface area contributed by atoms with Crippen molar-refractivity contribution in [3.05, 3.63) is 57.9 Å². The molecule has 31 heavy (non-hydrogen) atoms. The van der Waals surface area contributed by atoms with Gasteiger partial charge in [-0.05, 0) is 87.7 Å². The Morgan fingerprint density at radius 2 is 2.00 bits per heavy atom. The molecular weight excluding hydrogens is 410 g/mol. The van der Waals surface area contributed by atoms with Crippen molar-refractivity contribution < 1.29 is 14.3 Å². The van der Waals surface area contributed by atoms with E-state index in [0.717, 1.165) is 54.1 Å². The molecular formula is C24H27N3O3S. The van der Waals surface area contributed by atoms with E-state index in [4.69, 9.17) is 17.0 Å². The first-order valence-electron chi connectivity index (χ1n) is 10.5. The lowest BCUT2D eigenvalue weighted by molar-refractivity contribution is -0.122. The Labute approximate surface area is 187 Å². The van der Waals surface area contributed by atoms with Crippen LogP contribution in [-0.2, 0) is 20.9 Å². The highest BCUT2D eigenvalue weighted by molar-refractivity contribution is 7.80. The molecule has 1 atom stereocenters. The average Bonchev–Trinajstić information content (AvgIpc) is 3.32. The molecule has 1 N–H and O–H groups in total. The smallest absolute Gasteiger partial charge is 0.270 e. The molecule has 2 fully saturated rings. The number of amides is 2. The van der Waals surface area contributed by atoms with Crippen LogP contribution >= 0.6 is 12.2 Å². The lowest BCUT2D eigenvalue weighted by Gasteiger charge is -2.30. The zero-order chi connectivity index (χ0) is 22.3. The van der Waals surface area contributed by atoms with Gasteiger partial charge in [-0.2, -0.15) is 0 Å². The van der Waals surface area contributed by atoms with Crippen molar-refractivity contribution >= 4 is 40.9 Å². The number of carbonyl (C=O) groups excluding carboxylic acids is 2. The minimum atomic E-state index is -0.472. The van der Waals surface area contributed by atoms with E-state index < -0.39 is 11.8 Å². The van der Waals surface area contributed by atoms with Gasteiger partial charge in [0.2, 0.25) is 0 Å². The van der Waals surface area contributed by atoms with Crippen LogP contribution in [0.5, 0.6) is 0 Å². The van der Waals surface area contributed by atoms with Gasteiger partial charge < -0.3 is 9.30 Å². The summed E-state index contributed by atoms with van der Waals surface area (Å²) in [4.78, 5) is 27.5. The summed E-state index contributed by atoms with van der Waals surface area (Å²) >= 11 is 5.34. The van der Waals surface area contributed by atoms with Crippen LogP contribution in [-0.4, -0.2) is 34.2 Å². The molecule has 7 heteroatoms. The van der Waals surface area contributed by atoms with Crippen LogP contribution in [0.25, 0.3) is 6.08 Å². The number of nitrogens with zero attached hydrogens (tertiary/aromatic N) is 2. The summed E-state index contributed by atoms with van der Waals surface area (Å²) < 4.78 is 7.98. The topological polar surface area (TPSA) is 63.6 Å². The average molecular weight is 438 g/mol. The number of ether oxygens (including phenoxy) is 1. The van der Waals surface area contributed by atoms with Gasteiger partial charge >= 0.3 is 0 Å². The van der Waals surface area contributed by atoms with Gasteiger partial charge in [0.15, 0.2) is 5.11 Å². The third kappa shape index (κ3) is 3.95. The molecule has 6 nitrogen and oxygen atoms in total. The Bertz CT molecular complexity index is 1110. The predicted molar refractivity (Wildman–Crippen MR) is 125 cm³/mol. The second kappa shape index (κ2) is 8.40. The molecule has 2 saturated heterocycles. The van der Waals surface area contributed by atoms with Crippen LogP contribution < -0.4 is 10.2 Å². The molecule has 0 unspecified atom stereocenters. The zero-order valence-electron chi connectivity index (χ0n) is 18.3. The predicted octanol–water partition coefficient (Wildman–Crippen LogP) is 3.73. The lowest BCUT2D eigenvalue weighted by atomic mass is 10.0. The van der Waals surface area contributed by atoms with Crippen LogP contribution in [0, 0.1) is 27.7 Å². The number of aromatic nitrogens is 1. The first-order chi connectivity index (χ1) is 14.8. The zero-order valence-corrected chi connectivity index (χ0v) is 19.1. The molecule has 1 aromatic heterocycles. The van der Waals surface area contributed by atoms with E-state index in [9.17, 15) is 9.59 Å². The van der Waals surface area contributed by atoms with Gasteiger partial charge in [0.1, 0.15) is 5.57 Å². The third-order valence-corrected chi connectivity index (χ3v) is 6.53. The molecule has 2 aliphatic heterocycles. The van der Waals surface area contributed by atoms with E-state index in [-0.39, 0.29) is 16.8 Å². The van der Waals surface area contributed by atoms with E-state index in [2.05, 4.69) is 9.88 Å². The van der Waals surface area contributed by atoms with Gasteiger partial charge in [0, 0.05) is 24.5 Å². The SMILES string of the molecule is Cc1cccc(N2C(=O)/C(=C\c3cc(C)n(C[C@H]4CCCO4)c3C)C(=O)NC2=S)c1C. The van der Waals surface area contributed by atoms with Crippen LogP contribution in [0.1, 0.15) is 40.9 Å². The van der Waals surface area contributed by atoms with Crippen molar-refractivity contribution in [1.29, 1.82) is 0 Å². The molecule has 3 heterocycles. The van der Waals surface area contributed by atoms with Gasteiger partial charge in [-0.1, -0.05) is 12.1 Å². The molecule has 162 valence electrons. The molecule has 1 aromatic carbocycles. The van der Waals surface area contributed by atoms with Crippen molar-refractivity contribution in [2.75, 3.05) is 11.5 Å². The van der Waals surface area contributed by atoms with Gasteiger partial charge in [-0.25, -0.2) is 0 Å². The maximum Gasteiger partial charge on any atom is 0.270 e. The molecule has 0 radical (unpaired) electrons. The number of nitrogens with one attached hydrogen (secondary N) is 1. The number of hydrogen-bond donors (Lipinski definition) is 1. The van der Waals surface area contributed by atoms with E-state index in [1.54, 1.807) is 6.08 Å². The second-order valence-electron chi connectivity index (χ2n) is 8.25. The minimum Gasteiger partial charge on any atom is -0.376 e. The summed E-state index contributed by atoms with van der Waals surface area (Å²) in [6, 6.07) is 7.71. The summed E-state index contributed by atoms with van der Waals surface area (Å²) in [7, 11) is 0. The summed E-state index contributed by atoms with van der Waals surface area (Å²) in [6.07, 6.45) is 4.02. The highest BCUT2D eigenvalue weighted by Gasteiger charge is 2.35.